The quantitative estimate of drug-likeness (QED) is 0.116. The molecule has 12 heteroatoms. The number of guanidine groups is 1. The second-order valence-electron chi connectivity index (χ2n) is 9.62. The van der Waals surface area contributed by atoms with Crippen LogP contribution >= 0.6 is 0 Å². The molecule has 0 radical (unpaired) electrons. The zero-order valence-electron chi connectivity index (χ0n) is 23.3. The van der Waals surface area contributed by atoms with E-state index in [9.17, 15) is 24.0 Å². The predicted molar refractivity (Wildman–Crippen MR) is 150 cm³/mol. The highest BCUT2D eigenvalue weighted by molar-refractivity contribution is 6.23. The first-order chi connectivity index (χ1) is 19.6. The largest absolute Gasteiger partial charge is 0.464 e. The number of nitrogens with one attached hydrogen (secondary N) is 2. The molecule has 1 aliphatic heterocycles. The molecule has 2 aromatic carbocycles. The molecule has 1 aliphatic rings. The number of hydrogen-bond acceptors (Lipinski definition) is 8. The number of carbonyl (C=O) groups is 5. The summed E-state index contributed by atoms with van der Waals surface area (Å²) in [6.45, 7) is 5.35. The monoisotopic (exact) mass is 565 g/mol. The van der Waals surface area contributed by atoms with Gasteiger partial charge in [0, 0.05) is 6.54 Å². The molecule has 0 fully saturated rings. The van der Waals surface area contributed by atoms with E-state index in [1.165, 1.54) is 12.1 Å². The van der Waals surface area contributed by atoms with Gasteiger partial charge in [-0.1, -0.05) is 56.3 Å². The van der Waals surface area contributed by atoms with E-state index in [-0.39, 0.29) is 43.3 Å². The van der Waals surface area contributed by atoms with Crippen LogP contribution in [0.4, 0.5) is 4.79 Å². The number of carbonyl (C=O) groups excluding carboxylic acids is 5. The van der Waals surface area contributed by atoms with Gasteiger partial charge in [-0.15, -0.1) is 0 Å². The van der Waals surface area contributed by atoms with Gasteiger partial charge in [0.25, 0.3) is 11.8 Å². The molecule has 12 nitrogen and oxygen atoms in total. The molecule has 41 heavy (non-hydrogen) atoms. The minimum absolute atomic E-state index is 0.0684. The molecule has 4 amide bonds. The average Bonchev–Trinajstić information content (AvgIpc) is 3.19. The van der Waals surface area contributed by atoms with E-state index in [1.807, 2.05) is 30.3 Å². The fourth-order valence-electron chi connectivity index (χ4n) is 4.33. The number of nitrogens with zero attached hydrogens (tertiary/aromatic N) is 2. The Kier molecular flexibility index (Phi) is 11.0. The highest BCUT2D eigenvalue weighted by Crippen LogP contribution is 2.27. The lowest BCUT2D eigenvalue weighted by Crippen LogP contribution is -2.55. The third kappa shape index (κ3) is 8.13. The molecule has 3 rings (SSSR count). The summed E-state index contributed by atoms with van der Waals surface area (Å²) in [5, 5.41) is 4.98. The number of benzene rings is 2. The van der Waals surface area contributed by atoms with Crippen LogP contribution in [0, 0.1) is 5.92 Å². The zero-order chi connectivity index (χ0) is 29.9. The van der Waals surface area contributed by atoms with Crippen LogP contribution < -0.4 is 16.4 Å². The highest BCUT2D eigenvalue weighted by atomic mass is 16.5. The average molecular weight is 566 g/mol. The van der Waals surface area contributed by atoms with Gasteiger partial charge in [0.15, 0.2) is 5.96 Å². The fourth-order valence-corrected chi connectivity index (χ4v) is 4.33. The van der Waals surface area contributed by atoms with Crippen LogP contribution in [-0.2, 0) is 25.7 Å². The molecule has 2 atom stereocenters. The molecule has 0 aliphatic carbocycles. The first-order valence-electron chi connectivity index (χ1n) is 13.4. The number of esters is 1. The number of amides is 4. The Hall–Kier alpha value is -4.74. The molecular formula is C29H35N5O7. The van der Waals surface area contributed by atoms with Gasteiger partial charge in [-0.2, -0.15) is 0 Å². The second kappa shape index (κ2) is 14.6. The molecular weight excluding hydrogens is 530 g/mol. The summed E-state index contributed by atoms with van der Waals surface area (Å²) in [5.41, 5.74) is 7.03. The van der Waals surface area contributed by atoms with Crippen molar-refractivity contribution in [3.8, 4) is 0 Å². The Morgan fingerprint density at radius 1 is 0.951 bits per heavy atom. The lowest BCUT2D eigenvalue weighted by atomic mass is 10.0. The van der Waals surface area contributed by atoms with Crippen molar-refractivity contribution < 1.29 is 33.4 Å². The first-order valence-corrected chi connectivity index (χ1v) is 13.4. The third-order valence-electron chi connectivity index (χ3n) is 6.27. The van der Waals surface area contributed by atoms with Gasteiger partial charge in [0.1, 0.15) is 18.7 Å². The Balaban J connectivity index is 1.58. The van der Waals surface area contributed by atoms with Crippen molar-refractivity contribution >= 4 is 35.7 Å². The Bertz CT molecular complexity index is 1260. The molecule has 0 spiro atoms. The van der Waals surface area contributed by atoms with Crippen LogP contribution in [0.5, 0.6) is 0 Å². The van der Waals surface area contributed by atoms with Crippen LogP contribution in [0.25, 0.3) is 0 Å². The van der Waals surface area contributed by atoms with Crippen molar-refractivity contribution in [3.63, 3.8) is 0 Å². The number of fused-ring (bicyclic) bond motifs is 1. The van der Waals surface area contributed by atoms with Crippen molar-refractivity contribution in [2.75, 3.05) is 13.2 Å². The third-order valence-corrected chi connectivity index (χ3v) is 6.27. The Labute approximate surface area is 238 Å². The minimum Gasteiger partial charge on any atom is -0.464 e. The minimum atomic E-state index is -1.14. The molecule has 218 valence electrons. The van der Waals surface area contributed by atoms with Gasteiger partial charge >= 0.3 is 12.1 Å². The van der Waals surface area contributed by atoms with E-state index >= 15 is 0 Å². The van der Waals surface area contributed by atoms with Crippen molar-refractivity contribution in [1.29, 1.82) is 0 Å². The number of imide groups is 1. The molecule has 4 N–H and O–H groups in total. The van der Waals surface area contributed by atoms with Crippen LogP contribution in [-0.4, -0.2) is 65.9 Å². The maximum Gasteiger partial charge on any atom is 0.414 e. The summed E-state index contributed by atoms with van der Waals surface area (Å²) < 4.78 is 10.2. The van der Waals surface area contributed by atoms with Gasteiger partial charge in [-0.05, 0) is 43.4 Å². The number of alkyl carbamates (subject to hydrolysis) is 1. The summed E-state index contributed by atoms with van der Waals surface area (Å²) in [4.78, 5) is 69.0. The van der Waals surface area contributed by atoms with Gasteiger partial charge in [0.05, 0.1) is 17.7 Å². The molecule has 0 saturated heterocycles. The number of aliphatic imine (C=N–C) groups is 1. The van der Waals surface area contributed by atoms with E-state index in [0.717, 1.165) is 10.5 Å². The zero-order valence-corrected chi connectivity index (χ0v) is 23.3. The molecule has 1 heterocycles. The number of rotatable bonds is 12. The molecule has 2 aromatic rings. The van der Waals surface area contributed by atoms with E-state index in [0.29, 0.717) is 6.42 Å². The SMILES string of the molecule is CCOC(=O)[C@H](CCCN=C(N)NC(=O)OCc1ccccc1)NC(=O)[C@@H](C(C)C)N1C(=O)c2ccccc2C1=O. The normalized spacial score (nSPS) is 14.3. The summed E-state index contributed by atoms with van der Waals surface area (Å²) in [5.74, 6) is -3.04. The second-order valence-corrected chi connectivity index (χ2v) is 9.62. The van der Waals surface area contributed by atoms with Crippen molar-refractivity contribution in [2.24, 2.45) is 16.6 Å². The summed E-state index contributed by atoms with van der Waals surface area (Å²) in [7, 11) is 0. The van der Waals surface area contributed by atoms with Crippen LogP contribution in [0.3, 0.4) is 0 Å². The van der Waals surface area contributed by atoms with Gasteiger partial charge < -0.3 is 20.5 Å². The van der Waals surface area contributed by atoms with Gasteiger partial charge in [-0.25, -0.2) is 9.59 Å². The van der Waals surface area contributed by atoms with Crippen molar-refractivity contribution in [1.82, 2.24) is 15.5 Å². The van der Waals surface area contributed by atoms with E-state index in [4.69, 9.17) is 15.2 Å². The standard InChI is InChI=1S/C29H35N5O7/c1-4-40-27(38)22(15-10-16-31-28(30)33-29(39)41-17-19-11-6-5-7-12-19)32-24(35)23(18(2)3)34-25(36)20-13-8-9-14-21(20)26(34)37/h5-9,11-14,18,22-23H,4,10,15-17H2,1-3H3,(H,32,35)(H3,30,31,33,39)/t22-,23+/m0/s1. The molecule has 0 aromatic heterocycles. The van der Waals surface area contributed by atoms with Crippen LogP contribution in [0.15, 0.2) is 59.6 Å². The molecule has 0 unspecified atom stereocenters. The Morgan fingerprint density at radius 3 is 2.15 bits per heavy atom. The topological polar surface area (TPSA) is 169 Å². The maximum absolute atomic E-state index is 13.4. The first kappa shape index (κ1) is 30.8. The van der Waals surface area contributed by atoms with Crippen LogP contribution in [0.1, 0.15) is 59.9 Å². The van der Waals surface area contributed by atoms with Crippen molar-refractivity contribution in [3.05, 3.63) is 71.3 Å². The summed E-state index contributed by atoms with van der Waals surface area (Å²) >= 11 is 0. The lowest BCUT2D eigenvalue weighted by Gasteiger charge is -2.30. The predicted octanol–water partition coefficient (Wildman–Crippen LogP) is 2.38. The Morgan fingerprint density at radius 2 is 1.56 bits per heavy atom. The van der Waals surface area contributed by atoms with Gasteiger partial charge in [0.2, 0.25) is 5.91 Å². The number of nitrogens with two attached hydrogens (primary N) is 1. The number of ether oxygens (including phenoxy) is 2. The maximum atomic E-state index is 13.4. The number of hydrogen-bond donors (Lipinski definition) is 3. The molecule has 0 bridgehead atoms. The summed E-state index contributed by atoms with van der Waals surface area (Å²) in [6.07, 6.45) is -0.336. The smallest absolute Gasteiger partial charge is 0.414 e. The van der Waals surface area contributed by atoms with Crippen LogP contribution in [0.2, 0.25) is 0 Å². The summed E-state index contributed by atoms with van der Waals surface area (Å²) in [6, 6.07) is 13.3. The van der Waals surface area contributed by atoms with Gasteiger partial charge in [-0.3, -0.25) is 29.6 Å². The fraction of sp³-hybridized carbons (Fsp3) is 0.379. The highest BCUT2D eigenvalue weighted by Gasteiger charge is 2.44. The van der Waals surface area contributed by atoms with E-state index in [2.05, 4.69) is 15.6 Å². The lowest BCUT2D eigenvalue weighted by molar-refractivity contribution is -0.148. The molecule has 0 saturated carbocycles. The van der Waals surface area contributed by atoms with E-state index in [1.54, 1.807) is 32.9 Å². The van der Waals surface area contributed by atoms with Crippen molar-refractivity contribution in [2.45, 2.75) is 52.3 Å². The van der Waals surface area contributed by atoms with E-state index < -0.39 is 47.8 Å².